The first-order valence-corrected chi connectivity index (χ1v) is 11.5. The number of hydrogen-bond donors (Lipinski definition) is 2. The molecule has 0 aliphatic rings. The van der Waals surface area contributed by atoms with Crippen LogP contribution in [0.5, 0.6) is 17.2 Å². The smallest absolute Gasteiger partial charge is 0.270 e. The molecule has 0 unspecified atom stereocenters. The van der Waals surface area contributed by atoms with E-state index in [0.29, 0.717) is 32.4 Å². The van der Waals surface area contributed by atoms with Crippen LogP contribution < -0.4 is 25.1 Å². The molecule has 0 saturated carbocycles. The van der Waals surface area contributed by atoms with Crippen molar-refractivity contribution in [1.29, 1.82) is 5.26 Å². The SMILES string of the molecule is COc1ccccc1NC(=O)COc1cc(Br)c(-c2nc(SC)[nH]c(=O)c2C#N)cc1OC. The number of carbonyl (C=O) groups is 1. The number of benzene rings is 2. The Bertz CT molecular complexity index is 1290. The number of nitriles is 1. The second-order valence-electron chi connectivity index (χ2n) is 6.43. The molecule has 0 aliphatic carbocycles. The topological polar surface area (TPSA) is 126 Å². The van der Waals surface area contributed by atoms with E-state index in [2.05, 4.69) is 31.2 Å². The molecule has 0 aliphatic heterocycles. The highest BCUT2D eigenvalue weighted by Gasteiger charge is 2.19. The fourth-order valence-electron chi connectivity index (χ4n) is 2.91. The Balaban J connectivity index is 1.87. The predicted molar refractivity (Wildman–Crippen MR) is 128 cm³/mol. The number of nitrogens with zero attached hydrogens (tertiary/aromatic N) is 2. The van der Waals surface area contributed by atoms with Gasteiger partial charge in [-0.15, -0.1) is 0 Å². The monoisotopic (exact) mass is 530 g/mol. The maximum Gasteiger partial charge on any atom is 0.270 e. The number of para-hydroxylation sites is 2. The molecule has 1 amide bonds. The van der Waals surface area contributed by atoms with Gasteiger partial charge in [0.05, 0.1) is 25.6 Å². The van der Waals surface area contributed by atoms with Crippen LogP contribution in [-0.4, -0.2) is 43.0 Å². The normalized spacial score (nSPS) is 10.3. The second-order valence-corrected chi connectivity index (χ2v) is 8.08. The number of halogens is 1. The zero-order valence-corrected chi connectivity index (χ0v) is 20.3. The van der Waals surface area contributed by atoms with E-state index < -0.39 is 11.5 Å². The van der Waals surface area contributed by atoms with Crippen molar-refractivity contribution in [2.45, 2.75) is 5.16 Å². The third-order valence-electron chi connectivity index (χ3n) is 4.45. The summed E-state index contributed by atoms with van der Waals surface area (Å²) < 4.78 is 16.8. The third kappa shape index (κ3) is 5.47. The molecule has 9 nitrogen and oxygen atoms in total. The Labute approximate surface area is 202 Å². The van der Waals surface area contributed by atoms with Crippen molar-refractivity contribution in [2.24, 2.45) is 0 Å². The van der Waals surface area contributed by atoms with E-state index in [9.17, 15) is 14.9 Å². The highest BCUT2D eigenvalue weighted by molar-refractivity contribution is 9.10. The number of aromatic amines is 1. The lowest BCUT2D eigenvalue weighted by atomic mass is 10.1. The number of anilines is 1. The van der Waals surface area contributed by atoms with Crippen LogP contribution in [0.4, 0.5) is 5.69 Å². The van der Waals surface area contributed by atoms with Gasteiger partial charge in [-0.1, -0.05) is 23.9 Å². The molecule has 1 aromatic heterocycles. The molecule has 0 saturated heterocycles. The number of ether oxygens (including phenoxy) is 3. The second kappa shape index (κ2) is 10.9. The van der Waals surface area contributed by atoms with Gasteiger partial charge in [-0.2, -0.15) is 5.26 Å². The minimum atomic E-state index is -0.536. The zero-order valence-electron chi connectivity index (χ0n) is 17.9. The number of aromatic nitrogens is 2. The maximum atomic E-state index is 12.4. The van der Waals surface area contributed by atoms with E-state index >= 15 is 0 Å². The van der Waals surface area contributed by atoms with Gasteiger partial charge in [0, 0.05) is 10.0 Å². The van der Waals surface area contributed by atoms with Gasteiger partial charge in [0.25, 0.3) is 11.5 Å². The number of carbonyl (C=O) groups excluding carboxylic acids is 1. The van der Waals surface area contributed by atoms with Crippen LogP contribution in [0.25, 0.3) is 11.3 Å². The summed E-state index contributed by atoms with van der Waals surface area (Å²) >= 11 is 4.68. The molecule has 170 valence electrons. The minimum absolute atomic E-state index is 0.125. The maximum absolute atomic E-state index is 12.4. The van der Waals surface area contributed by atoms with Gasteiger partial charge in [0.1, 0.15) is 17.4 Å². The number of methoxy groups -OCH3 is 2. The van der Waals surface area contributed by atoms with E-state index in [4.69, 9.17) is 14.2 Å². The minimum Gasteiger partial charge on any atom is -0.495 e. The fourth-order valence-corrected chi connectivity index (χ4v) is 3.80. The highest BCUT2D eigenvalue weighted by atomic mass is 79.9. The van der Waals surface area contributed by atoms with Crippen LogP contribution >= 0.6 is 27.7 Å². The zero-order chi connectivity index (χ0) is 24.0. The average molecular weight is 531 g/mol. The molecule has 33 heavy (non-hydrogen) atoms. The summed E-state index contributed by atoms with van der Waals surface area (Å²) in [5.41, 5.74) is 0.532. The van der Waals surface area contributed by atoms with Gasteiger partial charge in [-0.3, -0.25) is 9.59 Å². The van der Waals surface area contributed by atoms with Crippen LogP contribution in [0.3, 0.4) is 0 Å². The molecule has 0 fully saturated rings. The first-order chi connectivity index (χ1) is 15.9. The van der Waals surface area contributed by atoms with Crippen molar-refractivity contribution in [3.8, 4) is 34.6 Å². The molecule has 3 rings (SSSR count). The van der Waals surface area contributed by atoms with Crippen LogP contribution in [0.1, 0.15) is 5.56 Å². The summed E-state index contributed by atoms with van der Waals surface area (Å²) in [5, 5.41) is 12.6. The summed E-state index contributed by atoms with van der Waals surface area (Å²) in [7, 11) is 2.96. The fraction of sp³-hybridized carbons (Fsp3) is 0.182. The molecular weight excluding hydrogens is 512 g/mol. The van der Waals surface area contributed by atoms with Gasteiger partial charge in [0.15, 0.2) is 23.3 Å². The van der Waals surface area contributed by atoms with Crippen molar-refractivity contribution in [3.05, 3.63) is 56.8 Å². The van der Waals surface area contributed by atoms with Crippen molar-refractivity contribution >= 4 is 39.3 Å². The van der Waals surface area contributed by atoms with E-state index in [1.165, 1.54) is 26.0 Å². The molecule has 1 heterocycles. The summed E-state index contributed by atoms with van der Waals surface area (Å²) in [6.07, 6.45) is 1.76. The largest absolute Gasteiger partial charge is 0.495 e. The Hall–Kier alpha value is -3.49. The van der Waals surface area contributed by atoms with Crippen molar-refractivity contribution in [1.82, 2.24) is 9.97 Å². The molecule has 3 aromatic rings. The summed E-state index contributed by atoms with van der Waals surface area (Å²) in [6.45, 7) is -0.288. The Kier molecular flexibility index (Phi) is 7.97. The number of hydrogen-bond acceptors (Lipinski definition) is 8. The van der Waals surface area contributed by atoms with Crippen molar-refractivity contribution in [2.75, 3.05) is 32.4 Å². The highest BCUT2D eigenvalue weighted by Crippen LogP contribution is 2.39. The third-order valence-corrected chi connectivity index (χ3v) is 5.69. The van der Waals surface area contributed by atoms with E-state index in [1.54, 1.807) is 42.7 Å². The Morgan fingerprint density at radius 2 is 1.94 bits per heavy atom. The van der Waals surface area contributed by atoms with Crippen LogP contribution in [0.15, 0.2) is 50.8 Å². The van der Waals surface area contributed by atoms with Crippen molar-refractivity contribution < 1.29 is 19.0 Å². The molecule has 11 heteroatoms. The average Bonchev–Trinajstić information content (AvgIpc) is 2.82. The number of thioether (sulfide) groups is 1. The van der Waals surface area contributed by atoms with Crippen LogP contribution in [0.2, 0.25) is 0 Å². The van der Waals surface area contributed by atoms with E-state index in [0.717, 1.165) is 0 Å². The van der Waals surface area contributed by atoms with E-state index in [1.807, 2.05) is 6.07 Å². The van der Waals surface area contributed by atoms with Crippen molar-refractivity contribution in [3.63, 3.8) is 0 Å². The summed E-state index contributed by atoms with van der Waals surface area (Å²) in [6, 6.07) is 12.1. The molecule has 2 N–H and O–H groups in total. The molecular formula is C22H19BrN4O5S. The summed E-state index contributed by atoms with van der Waals surface area (Å²) in [4.78, 5) is 31.6. The molecule has 0 bridgehead atoms. The first-order valence-electron chi connectivity index (χ1n) is 9.43. The van der Waals surface area contributed by atoms with Gasteiger partial charge >= 0.3 is 0 Å². The first kappa shape index (κ1) is 24.2. The number of amides is 1. The molecule has 0 radical (unpaired) electrons. The molecule has 2 aromatic carbocycles. The van der Waals surface area contributed by atoms with Crippen LogP contribution in [-0.2, 0) is 4.79 Å². The summed E-state index contributed by atoms with van der Waals surface area (Å²) in [5.74, 6) is 0.722. The lowest BCUT2D eigenvalue weighted by molar-refractivity contribution is -0.118. The van der Waals surface area contributed by atoms with Crippen LogP contribution in [0, 0.1) is 11.3 Å². The molecule has 0 spiro atoms. The van der Waals surface area contributed by atoms with E-state index in [-0.39, 0.29) is 23.6 Å². The Morgan fingerprint density at radius 1 is 1.21 bits per heavy atom. The molecule has 0 atom stereocenters. The quantitative estimate of drug-likeness (QED) is 0.332. The van der Waals surface area contributed by atoms with Gasteiger partial charge in [0.2, 0.25) is 0 Å². The predicted octanol–water partition coefficient (Wildman–Crippen LogP) is 3.83. The number of nitrogens with one attached hydrogen (secondary N) is 2. The number of rotatable bonds is 8. The lowest BCUT2D eigenvalue weighted by Crippen LogP contribution is -2.20. The standard InChI is InChI=1S/C22H19BrN4O5S/c1-30-16-7-5-4-6-15(16)25-19(28)11-32-18-9-14(23)12(8-17(18)31-2)20-13(10-24)21(29)27-22(26-20)33-3/h4-9H,11H2,1-3H3,(H,25,28)(H,26,27,29). The van der Waals surface area contributed by atoms with Gasteiger partial charge in [-0.25, -0.2) is 4.98 Å². The number of H-pyrrole nitrogens is 1. The lowest BCUT2D eigenvalue weighted by Gasteiger charge is -2.15. The Morgan fingerprint density at radius 3 is 2.61 bits per heavy atom. The van der Waals surface area contributed by atoms with Gasteiger partial charge in [-0.05, 0) is 46.5 Å². The van der Waals surface area contributed by atoms with Gasteiger partial charge < -0.3 is 24.5 Å².